The molecule has 6 heteroatoms. The van der Waals surface area contributed by atoms with E-state index in [-0.39, 0.29) is 12.0 Å². The first-order chi connectivity index (χ1) is 11.2. The van der Waals surface area contributed by atoms with Crippen LogP contribution in [-0.4, -0.2) is 55.2 Å². The van der Waals surface area contributed by atoms with Crippen LogP contribution in [0.3, 0.4) is 0 Å². The molecule has 1 saturated heterocycles. The lowest BCUT2D eigenvalue weighted by Gasteiger charge is -2.31. The van der Waals surface area contributed by atoms with E-state index in [0.29, 0.717) is 31.7 Å². The molecule has 1 heterocycles. The van der Waals surface area contributed by atoms with Crippen LogP contribution in [0.2, 0.25) is 0 Å². The summed E-state index contributed by atoms with van der Waals surface area (Å²) in [5.74, 6) is 0.161. The highest BCUT2D eigenvalue weighted by Gasteiger charge is 2.23. The maximum Gasteiger partial charge on any atom is 0.409 e. The van der Waals surface area contributed by atoms with Crippen LogP contribution in [0, 0.1) is 0 Å². The lowest BCUT2D eigenvalue weighted by atomic mass is 9.95. The Morgan fingerprint density at radius 3 is 2.39 bits per heavy atom. The van der Waals surface area contributed by atoms with Crippen molar-refractivity contribution >= 4 is 12.0 Å². The van der Waals surface area contributed by atoms with Gasteiger partial charge in [0.25, 0.3) is 0 Å². The molecule has 1 saturated carbocycles. The minimum atomic E-state index is -0.210. The lowest BCUT2D eigenvalue weighted by molar-refractivity contribution is -0.121. The van der Waals surface area contributed by atoms with Gasteiger partial charge in [-0.25, -0.2) is 4.79 Å². The van der Waals surface area contributed by atoms with Crippen molar-refractivity contribution in [2.75, 3.05) is 26.2 Å². The molecule has 132 valence electrons. The summed E-state index contributed by atoms with van der Waals surface area (Å²) in [5.41, 5.74) is 0. The molecule has 2 aliphatic rings. The van der Waals surface area contributed by atoms with Crippen LogP contribution in [0.4, 0.5) is 4.79 Å². The van der Waals surface area contributed by atoms with Crippen LogP contribution in [0.15, 0.2) is 0 Å². The van der Waals surface area contributed by atoms with Gasteiger partial charge >= 0.3 is 6.09 Å². The maximum atomic E-state index is 11.9. The standard InChI is InChI=1S/C17H31N3O3/c1-2-23-17(22)20-12-9-14(10-13-20)18-11-8-16(21)19-15-6-4-3-5-7-15/h14-15,18H,2-13H2,1H3,(H,19,21). The average molecular weight is 325 g/mol. The van der Waals surface area contributed by atoms with Crippen molar-refractivity contribution in [2.45, 2.75) is 70.4 Å². The Morgan fingerprint density at radius 1 is 1.04 bits per heavy atom. The zero-order valence-corrected chi connectivity index (χ0v) is 14.3. The van der Waals surface area contributed by atoms with E-state index >= 15 is 0 Å². The van der Waals surface area contributed by atoms with E-state index in [1.54, 1.807) is 4.90 Å². The topological polar surface area (TPSA) is 70.7 Å². The first-order valence-electron chi connectivity index (χ1n) is 9.13. The predicted molar refractivity (Wildman–Crippen MR) is 89.3 cm³/mol. The molecule has 0 atom stereocenters. The van der Waals surface area contributed by atoms with Crippen LogP contribution in [0.1, 0.15) is 58.3 Å². The van der Waals surface area contributed by atoms with E-state index in [2.05, 4.69) is 10.6 Å². The Hall–Kier alpha value is -1.30. The largest absolute Gasteiger partial charge is 0.450 e. The Bertz CT molecular complexity index is 375. The second-order valence-corrected chi connectivity index (χ2v) is 6.57. The summed E-state index contributed by atoms with van der Waals surface area (Å²) >= 11 is 0. The van der Waals surface area contributed by atoms with Crippen molar-refractivity contribution in [2.24, 2.45) is 0 Å². The summed E-state index contributed by atoms with van der Waals surface area (Å²) in [6.07, 6.45) is 8.21. The summed E-state index contributed by atoms with van der Waals surface area (Å²) in [7, 11) is 0. The van der Waals surface area contributed by atoms with Gasteiger partial charge in [0, 0.05) is 38.1 Å². The molecule has 1 aliphatic heterocycles. The van der Waals surface area contributed by atoms with Crippen LogP contribution >= 0.6 is 0 Å². The molecule has 0 aromatic carbocycles. The van der Waals surface area contributed by atoms with Gasteiger partial charge in [0.2, 0.25) is 5.91 Å². The van der Waals surface area contributed by atoms with E-state index in [0.717, 1.165) is 38.8 Å². The fraction of sp³-hybridized carbons (Fsp3) is 0.882. The van der Waals surface area contributed by atoms with Crippen molar-refractivity contribution in [3.8, 4) is 0 Å². The van der Waals surface area contributed by atoms with E-state index in [1.165, 1.54) is 19.3 Å². The molecule has 0 unspecified atom stereocenters. The van der Waals surface area contributed by atoms with Crippen LogP contribution in [0.5, 0.6) is 0 Å². The quantitative estimate of drug-likeness (QED) is 0.784. The number of nitrogens with one attached hydrogen (secondary N) is 2. The molecule has 2 amide bonds. The Balaban J connectivity index is 1.55. The van der Waals surface area contributed by atoms with Crippen molar-refractivity contribution in [1.82, 2.24) is 15.5 Å². The SMILES string of the molecule is CCOC(=O)N1CCC(NCCC(=O)NC2CCCCC2)CC1. The second kappa shape index (κ2) is 9.75. The van der Waals surface area contributed by atoms with Gasteiger partial charge in [0.15, 0.2) is 0 Å². The molecule has 2 fully saturated rings. The van der Waals surface area contributed by atoms with Gasteiger partial charge in [0.1, 0.15) is 0 Å². The summed E-state index contributed by atoms with van der Waals surface area (Å²) in [4.78, 5) is 25.3. The Labute approximate surface area is 139 Å². The van der Waals surface area contributed by atoms with Crippen LogP contribution in [0.25, 0.3) is 0 Å². The van der Waals surface area contributed by atoms with Crippen molar-refractivity contribution in [3.05, 3.63) is 0 Å². The number of ether oxygens (including phenoxy) is 1. The number of amides is 2. The van der Waals surface area contributed by atoms with Gasteiger partial charge in [-0.15, -0.1) is 0 Å². The maximum absolute atomic E-state index is 11.9. The second-order valence-electron chi connectivity index (χ2n) is 6.57. The molecular formula is C17H31N3O3. The first kappa shape index (κ1) is 18.0. The van der Waals surface area contributed by atoms with Crippen molar-refractivity contribution in [3.63, 3.8) is 0 Å². The summed E-state index contributed by atoms with van der Waals surface area (Å²) < 4.78 is 5.01. The average Bonchev–Trinajstić information content (AvgIpc) is 2.56. The number of hydrogen-bond donors (Lipinski definition) is 2. The van der Waals surface area contributed by atoms with Gasteiger partial charge in [-0.05, 0) is 32.6 Å². The molecule has 2 N–H and O–H groups in total. The first-order valence-corrected chi connectivity index (χ1v) is 9.13. The van der Waals surface area contributed by atoms with E-state index in [9.17, 15) is 9.59 Å². The van der Waals surface area contributed by atoms with Gasteiger partial charge in [0.05, 0.1) is 6.61 Å². The van der Waals surface area contributed by atoms with E-state index in [1.807, 2.05) is 6.92 Å². The fourth-order valence-corrected chi connectivity index (χ4v) is 3.42. The van der Waals surface area contributed by atoms with E-state index in [4.69, 9.17) is 4.74 Å². The van der Waals surface area contributed by atoms with Crippen molar-refractivity contribution in [1.29, 1.82) is 0 Å². The molecule has 0 radical (unpaired) electrons. The molecule has 0 bridgehead atoms. The normalized spacial score (nSPS) is 20.3. The Kier molecular flexibility index (Phi) is 7.65. The predicted octanol–water partition coefficient (Wildman–Crippen LogP) is 2.04. The number of nitrogens with zero attached hydrogens (tertiary/aromatic N) is 1. The number of hydrogen-bond acceptors (Lipinski definition) is 4. The zero-order chi connectivity index (χ0) is 16.5. The third-order valence-electron chi connectivity index (χ3n) is 4.78. The minimum Gasteiger partial charge on any atom is -0.450 e. The monoisotopic (exact) mass is 325 g/mol. The number of rotatable bonds is 6. The van der Waals surface area contributed by atoms with Crippen molar-refractivity contribution < 1.29 is 14.3 Å². The smallest absolute Gasteiger partial charge is 0.409 e. The summed E-state index contributed by atoms with van der Waals surface area (Å²) in [5, 5.41) is 6.59. The highest BCUT2D eigenvalue weighted by molar-refractivity contribution is 5.76. The van der Waals surface area contributed by atoms with Gasteiger partial charge in [-0.2, -0.15) is 0 Å². The minimum absolute atomic E-state index is 0.161. The molecule has 1 aliphatic carbocycles. The molecule has 0 spiro atoms. The number of carbonyl (C=O) groups is 2. The van der Waals surface area contributed by atoms with Crippen LogP contribution in [-0.2, 0) is 9.53 Å². The van der Waals surface area contributed by atoms with E-state index < -0.39 is 0 Å². The third-order valence-corrected chi connectivity index (χ3v) is 4.78. The molecule has 0 aromatic heterocycles. The van der Waals surface area contributed by atoms with Gasteiger partial charge in [-0.1, -0.05) is 19.3 Å². The lowest BCUT2D eigenvalue weighted by Crippen LogP contribution is -2.46. The molecule has 0 aromatic rings. The van der Waals surface area contributed by atoms with Gasteiger partial charge in [-0.3, -0.25) is 4.79 Å². The fourth-order valence-electron chi connectivity index (χ4n) is 3.42. The summed E-state index contributed by atoms with van der Waals surface area (Å²) in [6.45, 7) is 4.41. The summed E-state index contributed by atoms with van der Waals surface area (Å²) in [6, 6.07) is 0.784. The third kappa shape index (κ3) is 6.37. The highest BCUT2D eigenvalue weighted by Crippen LogP contribution is 2.17. The number of piperidine rings is 1. The molecule has 2 rings (SSSR count). The molecular weight excluding hydrogens is 294 g/mol. The Morgan fingerprint density at radius 2 is 1.74 bits per heavy atom. The number of carbonyl (C=O) groups excluding carboxylic acids is 2. The number of likely N-dealkylation sites (tertiary alicyclic amines) is 1. The zero-order valence-electron chi connectivity index (χ0n) is 14.3. The van der Waals surface area contributed by atoms with Crippen LogP contribution < -0.4 is 10.6 Å². The highest BCUT2D eigenvalue weighted by atomic mass is 16.6. The molecule has 23 heavy (non-hydrogen) atoms. The van der Waals surface area contributed by atoms with Gasteiger partial charge < -0.3 is 20.3 Å². The molecule has 6 nitrogen and oxygen atoms in total.